The van der Waals surface area contributed by atoms with Gasteiger partial charge in [0.2, 0.25) is 0 Å². The number of rotatable bonds is 3. The van der Waals surface area contributed by atoms with Gasteiger partial charge in [0.15, 0.2) is 0 Å². The Morgan fingerprint density at radius 2 is 2.11 bits per heavy atom. The quantitative estimate of drug-likeness (QED) is 0.892. The molecule has 0 spiro atoms. The number of ether oxygens (including phenoxy) is 1. The SMILES string of the molecule is COc1cccc(N(C)C(=O)N2CC(C(=O)O)C2)c1. The number of nitrogens with zero attached hydrogens (tertiary/aromatic N) is 2. The molecule has 6 heteroatoms. The Balaban J connectivity index is 2.01. The molecule has 0 aliphatic carbocycles. The van der Waals surface area contributed by atoms with E-state index >= 15 is 0 Å². The van der Waals surface area contributed by atoms with E-state index in [0.29, 0.717) is 11.4 Å². The zero-order valence-corrected chi connectivity index (χ0v) is 10.9. The molecule has 1 aliphatic heterocycles. The molecular formula is C13H16N2O4. The fourth-order valence-electron chi connectivity index (χ4n) is 1.93. The van der Waals surface area contributed by atoms with E-state index in [1.54, 1.807) is 38.4 Å². The zero-order chi connectivity index (χ0) is 14.0. The smallest absolute Gasteiger partial charge is 0.324 e. The third-order valence-corrected chi connectivity index (χ3v) is 3.23. The number of methoxy groups -OCH3 is 1. The number of carbonyl (C=O) groups excluding carboxylic acids is 1. The lowest BCUT2D eigenvalue weighted by Gasteiger charge is -2.38. The molecule has 19 heavy (non-hydrogen) atoms. The molecule has 1 N–H and O–H groups in total. The second kappa shape index (κ2) is 5.17. The highest BCUT2D eigenvalue weighted by Gasteiger charge is 2.37. The molecule has 0 unspecified atom stereocenters. The zero-order valence-electron chi connectivity index (χ0n) is 10.9. The van der Waals surface area contributed by atoms with Gasteiger partial charge in [-0.1, -0.05) is 6.07 Å². The highest BCUT2D eigenvalue weighted by molar-refractivity contribution is 5.93. The molecule has 0 atom stereocenters. The Labute approximate surface area is 111 Å². The summed E-state index contributed by atoms with van der Waals surface area (Å²) in [5.41, 5.74) is 0.711. The fourth-order valence-corrected chi connectivity index (χ4v) is 1.93. The van der Waals surface area contributed by atoms with Crippen LogP contribution in [0.2, 0.25) is 0 Å². The van der Waals surface area contributed by atoms with Crippen molar-refractivity contribution >= 4 is 17.7 Å². The summed E-state index contributed by atoms with van der Waals surface area (Å²) in [5.74, 6) is -0.625. The summed E-state index contributed by atoms with van der Waals surface area (Å²) in [5, 5.41) is 8.79. The van der Waals surface area contributed by atoms with Crippen molar-refractivity contribution in [1.29, 1.82) is 0 Å². The molecule has 1 aromatic carbocycles. The van der Waals surface area contributed by atoms with E-state index in [4.69, 9.17) is 9.84 Å². The molecule has 0 aromatic heterocycles. The summed E-state index contributed by atoms with van der Waals surface area (Å²) >= 11 is 0. The number of likely N-dealkylation sites (tertiary alicyclic amines) is 1. The van der Waals surface area contributed by atoms with Crippen LogP contribution >= 0.6 is 0 Å². The van der Waals surface area contributed by atoms with Gasteiger partial charge in [0.1, 0.15) is 5.75 Å². The third-order valence-electron chi connectivity index (χ3n) is 3.23. The molecule has 1 aliphatic rings. The molecule has 6 nitrogen and oxygen atoms in total. The van der Waals surface area contributed by atoms with E-state index in [2.05, 4.69) is 0 Å². The number of anilines is 1. The molecule has 1 aromatic rings. The lowest BCUT2D eigenvalue weighted by Crippen LogP contribution is -2.56. The predicted octanol–water partition coefficient (Wildman–Crippen LogP) is 1.27. The fraction of sp³-hybridized carbons (Fsp3) is 0.385. The van der Waals surface area contributed by atoms with Crippen LogP contribution in [-0.4, -0.2) is 49.3 Å². The van der Waals surface area contributed by atoms with Gasteiger partial charge in [0, 0.05) is 31.9 Å². The monoisotopic (exact) mass is 264 g/mol. The minimum absolute atomic E-state index is 0.203. The van der Waals surface area contributed by atoms with E-state index < -0.39 is 11.9 Å². The average molecular weight is 264 g/mol. The Morgan fingerprint density at radius 3 is 2.68 bits per heavy atom. The third kappa shape index (κ3) is 2.62. The highest BCUT2D eigenvalue weighted by Crippen LogP contribution is 2.23. The normalized spacial score (nSPS) is 14.7. The number of benzene rings is 1. The number of hydrogen-bond donors (Lipinski definition) is 1. The van der Waals surface area contributed by atoms with Gasteiger partial charge in [0.05, 0.1) is 13.0 Å². The highest BCUT2D eigenvalue weighted by atomic mass is 16.5. The Hall–Kier alpha value is -2.24. The minimum Gasteiger partial charge on any atom is -0.497 e. The maximum atomic E-state index is 12.1. The topological polar surface area (TPSA) is 70.1 Å². The predicted molar refractivity (Wildman–Crippen MR) is 69.5 cm³/mol. The molecule has 2 rings (SSSR count). The van der Waals surface area contributed by atoms with Crippen molar-refractivity contribution in [2.24, 2.45) is 5.92 Å². The summed E-state index contributed by atoms with van der Waals surface area (Å²) in [6, 6.07) is 6.95. The first-order chi connectivity index (χ1) is 9.02. The van der Waals surface area contributed by atoms with Crippen LogP contribution in [0.15, 0.2) is 24.3 Å². The largest absolute Gasteiger partial charge is 0.497 e. The number of aliphatic carboxylic acids is 1. The van der Waals surface area contributed by atoms with Gasteiger partial charge in [-0.15, -0.1) is 0 Å². The van der Waals surface area contributed by atoms with Gasteiger partial charge < -0.3 is 14.7 Å². The van der Waals surface area contributed by atoms with Gasteiger partial charge in [-0.2, -0.15) is 0 Å². The van der Waals surface area contributed by atoms with E-state index in [1.165, 1.54) is 9.80 Å². The molecule has 2 amide bonds. The molecule has 1 heterocycles. The summed E-state index contributed by atoms with van der Waals surface area (Å²) in [6.07, 6.45) is 0. The molecule has 1 saturated heterocycles. The number of carboxylic acid groups (broad SMARTS) is 1. The molecule has 102 valence electrons. The van der Waals surface area contributed by atoms with Gasteiger partial charge >= 0.3 is 12.0 Å². The van der Waals surface area contributed by atoms with Crippen molar-refractivity contribution in [1.82, 2.24) is 4.90 Å². The molecule has 0 bridgehead atoms. The molecule has 0 saturated carbocycles. The van der Waals surface area contributed by atoms with Crippen molar-refractivity contribution in [2.75, 3.05) is 32.1 Å². The van der Waals surface area contributed by atoms with Crippen LogP contribution in [0.25, 0.3) is 0 Å². The average Bonchev–Trinajstić information content (AvgIpc) is 2.35. The Bertz CT molecular complexity index is 497. The summed E-state index contributed by atoms with van der Waals surface area (Å²) < 4.78 is 5.10. The van der Waals surface area contributed by atoms with Crippen molar-refractivity contribution in [3.8, 4) is 5.75 Å². The van der Waals surface area contributed by atoms with Crippen molar-refractivity contribution in [3.63, 3.8) is 0 Å². The van der Waals surface area contributed by atoms with Crippen LogP contribution in [0.5, 0.6) is 5.75 Å². The standard InChI is InChI=1S/C13H16N2O4/c1-14(10-4-3-5-11(6-10)19-2)13(18)15-7-9(8-15)12(16)17/h3-6,9H,7-8H2,1-2H3,(H,16,17). The first-order valence-corrected chi connectivity index (χ1v) is 5.92. The first kappa shape index (κ1) is 13.2. The van der Waals surface area contributed by atoms with Crippen molar-refractivity contribution < 1.29 is 19.4 Å². The summed E-state index contributed by atoms with van der Waals surface area (Å²) in [4.78, 5) is 25.8. The lowest BCUT2D eigenvalue weighted by atomic mass is 10.0. The van der Waals surface area contributed by atoms with Crippen LogP contribution < -0.4 is 9.64 Å². The molecular weight excluding hydrogens is 248 g/mol. The van der Waals surface area contributed by atoms with Crippen LogP contribution in [0.4, 0.5) is 10.5 Å². The maximum absolute atomic E-state index is 12.1. The summed E-state index contributed by atoms with van der Waals surface area (Å²) in [6.45, 7) is 0.533. The van der Waals surface area contributed by atoms with Gasteiger partial charge in [-0.05, 0) is 12.1 Å². The Morgan fingerprint density at radius 1 is 1.42 bits per heavy atom. The minimum atomic E-state index is -0.854. The van der Waals surface area contributed by atoms with Gasteiger partial charge in [-0.3, -0.25) is 9.69 Å². The van der Waals surface area contributed by atoms with Gasteiger partial charge in [-0.25, -0.2) is 4.79 Å². The number of amides is 2. The maximum Gasteiger partial charge on any atom is 0.324 e. The summed E-state index contributed by atoms with van der Waals surface area (Å²) in [7, 11) is 3.22. The molecule has 0 radical (unpaired) electrons. The number of urea groups is 1. The number of carboxylic acids is 1. The number of carbonyl (C=O) groups is 2. The lowest BCUT2D eigenvalue weighted by molar-refractivity contribution is -0.145. The van der Waals surface area contributed by atoms with E-state index in [0.717, 1.165) is 0 Å². The van der Waals surface area contributed by atoms with Crippen molar-refractivity contribution in [2.45, 2.75) is 0 Å². The second-order valence-electron chi connectivity index (χ2n) is 4.48. The van der Waals surface area contributed by atoms with Crippen molar-refractivity contribution in [3.05, 3.63) is 24.3 Å². The van der Waals surface area contributed by atoms with E-state index in [9.17, 15) is 9.59 Å². The second-order valence-corrected chi connectivity index (χ2v) is 4.48. The van der Waals surface area contributed by atoms with E-state index in [1.807, 2.05) is 0 Å². The number of hydrogen-bond acceptors (Lipinski definition) is 3. The molecule has 1 fully saturated rings. The van der Waals surface area contributed by atoms with Crippen LogP contribution in [0.3, 0.4) is 0 Å². The van der Waals surface area contributed by atoms with Gasteiger partial charge in [0.25, 0.3) is 0 Å². The van der Waals surface area contributed by atoms with Crippen LogP contribution in [-0.2, 0) is 4.79 Å². The Kier molecular flexibility index (Phi) is 3.59. The van der Waals surface area contributed by atoms with Crippen LogP contribution in [0, 0.1) is 5.92 Å². The van der Waals surface area contributed by atoms with E-state index in [-0.39, 0.29) is 19.1 Å². The van der Waals surface area contributed by atoms with Crippen LogP contribution in [0.1, 0.15) is 0 Å². The first-order valence-electron chi connectivity index (χ1n) is 5.92.